The Hall–Kier alpha value is -4.11. The lowest BCUT2D eigenvalue weighted by molar-refractivity contribution is -0.117. The van der Waals surface area contributed by atoms with Gasteiger partial charge in [-0.25, -0.2) is 19.3 Å². The van der Waals surface area contributed by atoms with Crippen LogP contribution in [0.4, 0.5) is 16.0 Å². The predicted octanol–water partition coefficient (Wildman–Crippen LogP) is 6.22. The Morgan fingerprint density at radius 2 is 1.98 bits per heavy atom. The van der Waals surface area contributed by atoms with Gasteiger partial charge in [-0.3, -0.25) is 4.79 Å². The minimum atomic E-state index is -0.482. The molecule has 0 spiro atoms. The first-order valence-corrected chi connectivity index (χ1v) is 13.8. The van der Waals surface area contributed by atoms with E-state index >= 15 is 0 Å². The third-order valence-electron chi connectivity index (χ3n) is 7.78. The zero-order valence-corrected chi connectivity index (χ0v) is 22.8. The monoisotopic (exact) mass is 540 g/mol. The normalized spacial score (nSPS) is 17.8. The Morgan fingerprint density at radius 3 is 2.77 bits per heavy atom. The molecule has 1 atom stereocenters. The van der Waals surface area contributed by atoms with Crippen molar-refractivity contribution < 1.29 is 13.9 Å². The molecule has 1 saturated carbocycles. The number of rotatable bonds is 8. The van der Waals surface area contributed by atoms with Crippen molar-refractivity contribution in [3.8, 4) is 22.9 Å². The fourth-order valence-electron chi connectivity index (χ4n) is 5.18. The van der Waals surface area contributed by atoms with Crippen molar-refractivity contribution in [1.82, 2.24) is 20.3 Å². The van der Waals surface area contributed by atoms with Gasteiger partial charge in [0, 0.05) is 42.2 Å². The summed E-state index contributed by atoms with van der Waals surface area (Å²) < 4.78 is 21.4. The van der Waals surface area contributed by atoms with Crippen LogP contribution in [0, 0.1) is 18.2 Å². The van der Waals surface area contributed by atoms with Crippen molar-refractivity contribution in [2.75, 3.05) is 23.7 Å². The van der Waals surface area contributed by atoms with Crippen LogP contribution >= 0.6 is 0 Å². The molecular formula is C31H33FN6O2. The molecule has 2 fully saturated rings. The number of nitrogens with zero attached hydrogens (tertiary/aromatic N) is 3. The number of benzene rings is 2. The fourth-order valence-corrected chi connectivity index (χ4v) is 5.18. The molecule has 4 aromatic rings. The molecule has 2 aromatic heterocycles. The third kappa shape index (κ3) is 5.60. The highest BCUT2D eigenvalue weighted by Crippen LogP contribution is 2.48. The van der Waals surface area contributed by atoms with Gasteiger partial charge in [0.05, 0.1) is 16.9 Å². The second-order valence-corrected chi connectivity index (χ2v) is 11.2. The number of carbonyl (C=O) groups is 1. The zero-order chi connectivity index (χ0) is 27.7. The summed E-state index contributed by atoms with van der Waals surface area (Å²) >= 11 is 0. The summed E-state index contributed by atoms with van der Waals surface area (Å²) in [4.78, 5) is 26.4. The Labute approximate surface area is 232 Å². The number of carbonyl (C=O) groups excluding carboxylic acids is 1. The first-order valence-electron chi connectivity index (χ1n) is 13.8. The third-order valence-corrected chi connectivity index (χ3v) is 7.78. The molecule has 6 rings (SSSR count). The number of amides is 1. The lowest BCUT2D eigenvalue weighted by Crippen LogP contribution is -2.38. The van der Waals surface area contributed by atoms with E-state index in [4.69, 9.17) is 9.72 Å². The standard InChI is InChI=1S/C31H33FN6O2/c1-19-7-8-21-22(9-10-24(32)27(21)38-26(39)17-31(2)12-13-31)28(19)40-29-23(6-4-15-34-29)25-11-16-35-30(37-25)36-20-5-3-14-33-18-20/h4,6-11,15-16,20,33H,3,5,12-14,17-18H2,1-2H3,(H,38,39)(H,35,36,37)/t20-/m0/s1. The van der Waals surface area contributed by atoms with E-state index in [0.717, 1.165) is 44.3 Å². The van der Waals surface area contributed by atoms with Gasteiger partial charge in [0.1, 0.15) is 11.6 Å². The van der Waals surface area contributed by atoms with E-state index in [9.17, 15) is 9.18 Å². The van der Waals surface area contributed by atoms with Gasteiger partial charge in [0.2, 0.25) is 17.7 Å². The number of aryl methyl sites for hydroxylation is 1. The molecule has 0 radical (unpaired) electrons. The smallest absolute Gasteiger partial charge is 0.228 e. The molecule has 1 aliphatic heterocycles. The molecule has 0 unspecified atom stereocenters. The lowest BCUT2D eigenvalue weighted by Gasteiger charge is -2.23. The number of ether oxygens (including phenoxy) is 1. The van der Waals surface area contributed by atoms with Gasteiger partial charge in [-0.15, -0.1) is 0 Å². The van der Waals surface area contributed by atoms with E-state index in [-0.39, 0.29) is 23.1 Å². The first-order chi connectivity index (χ1) is 19.4. The highest BCUT2D eigenvalue weighted by molar-refractivity contribution is 6.05. The lowest BCUT2D eigenvalue weighted by atomic mass is 10.0. The molecular weight excluding hydrogens is 507 g/mol. The molecule has 3 heterocycles. The Morgan fingerprint density at radius 1 is 1.12 bits per heavy atom. The van der Waals surface area contributed by atoms with E-state index < -0.39 is 5.82 Å². The highest BCUT2D eigenvalue weighted by atomic mass is 19.1. The maximum atomic E-state index is 15.0. The molecule has 206 valence electrons. The van der Waals surface area contributed by atoms with Crippen LogP contribution < -0.4 is 20.7 Å². The van der Waals surface area contributed by atoms with Crippen LogP contribution in [0.5, 0.6) is 11.6 Å². The number of fused-ring (bicyclic) bond motifs is 1. The number of hydrogen-bond acceptors (Lipinski definition) is 7. The van der Waals surface area contributed by atoms with Gasteiger partial charge in [-0.05, 0) is 80.5 Å². The molecule has 2 aromatic carbocycles. The van der Waals surface area contributed by atoms with E-state index in [1.807, 2.05) is 37.3 Å². The Bertz CT molecular complexity index is 1570. The largest absolute Gasteiger partial charge is 0.437 e. The molecule has 2 aliphatic rings. The van der Waals surface area contributed by atoms with Crippen LogP contribution in [0.25, 0.3) is 22.0 Å². The number of piperidine rings is 1. The van der Waals surface area contributed by atoms with Gasteiger partial charge in [0.25, 0.3) is 0 Å². The topological polar surface area (TPSA) is 101 Å². The second kappa shape index (κ2) is 10.8. The summed E-state index contributed by atoms with van der Waals surface area (Å²) in [6.07, 6.45) is 7.97. The van der Waals surface area contributed by atoms with Crippen LogP contribution in [0.2, 0.25) is 0 Å². The molecule has 3 N–H and O–H groups in total. The number of halogens is 1. The molecule has 9 heteroatoms. The van der Waals surface area contributed by atoms with Gasteiger partial charge < -0.3 is 20.7 Å². The number of pyridine rings is 1. The van der Waals surface area contributed by atoms with Crippen molar-refractivity contribution in [2.45, 2.75) is 52.0 Å². The van der Waals surface area contributed by atoms with Crippen molar-refractivity contribution >= 4 is 28.3 Å². The van der Waals surface area contributed by atoms with E-state index in [1.54, 1.807) is 18.5 Å². The molecule has 0 bridgehead atoms. The average Bonchev–Trinajstić information content (AvgIpc) is 3.68. The average molecular weight is 541 g/mol. The second-order valence-electron chi connectivity index (χ2n) is 11.2. The number of aromatic nitrogens is 3. The Balaban J connectivity index is 1.32. The summed E-state index contributed by atoms with van der Waals surface area (Å²) in [6, 6.07) is 12.6. The summed E-state index contributed by atoms with van der Waals surface area (Å²) in [7, 11) is 0. The highest BCUT2D eigenvalue weighted by Gasteiger charge is 2.39. The maximum Gasteiger partial charge on any atom is 0.228 e. The SMILES string of the molecule is Cc1ccc2c(NC(=O)CC3(C)CC3)c(F)ccc2c1Oc1ncccc1-c1ccnc(N[C@H]2CCCNC2)n1. The minimum Gasteiger partial charge on any atom is -0.437 e. The molecule has 40 heavy (non-hydrogen) atoms. The van der Waals surface area contributed by atoms with Crippen molar-refractivity contribution in [3.05, 3.63) is 66.2 Å². The maximum absolute atomic E-state index is 15.0. The summed E-state index contributed by atoms with van der Waals surface area (Å²) in [5, 5.41) is 10.9. The van der Waals surface area contributed by atoms with Crippen LogP contribution in [0.3, 0.4) is 0 Å². The number of nitrogens with one attached hydrogen (secondary N) is 3. The van der Waals surface area contributed by atoms with Crippen LogP contribution in [0.1, 0.15) is 44.6 Å². The first kappa shape index (κ1) is 26.1. The van der Waals surface area contributed by atoms with Crippen molar-refractivity contribution in [1.29, 1.82) is 0 Å². The van der Waals surface area contributed by atoms with Gasteiger partial charge in [0.15, 0.2) is 0 Å². The Kier molecular flexibility index (Phi) is 7.06. The molecule has 1 amide bonds. The van der Waals surface area contributed by atoms with Crippen molar-refractivity contribution in [2.24, 2.45) is 5.41 Å². The number of anilines is 2. The van der Waals surface area contributed by atoms with Crippen LogP contribution in [0.15, 0.2) is 54.9 Å². The summed E-state index contributed by atoms with van der Waals surface area (Å²) in [5.41, 5.74) is 2.43. The van der Waals surface area contributed by atoms with Crippen LogP contribution in [-0.2, 0) is 4.79 Å². The zero-order valence-electron chi connectivity index (χ0n) is 22.8. The molecule has 8 nitrogen and oxygen atoms in total. The number of hydrogen-bond donors (Lipinski definition) is 3. The fraction of sp³-hybridized carbons (Fsp3) is 0.355. The van der Waals surface area contributed by atoms with E-state index in [0.29, 0.717) is 46.0 Å². The van der Waals surface area contributed by atoms with Gasteiger partial charge in [-0.1, -0.05) is 19.1 Å². The molecule has 1 aliphatic carbocycles. The quantitative estimate of drug-likeness (QED) is 0.244. The van der Waals surface area contributed by atoms with Crippen molar-refractivity contribution in [3.63, 3.8) is 0 Å². The van der Waals surface area contributed by atoms with Gasteiger partial charge in [-0.2, -0.15) is 0 Å². The van der Waals surface area contributed by atoms with Crippen LogP contribution in [-0.4, -0.2) is 40.0 Å². The predicted molar refractivity (Wildman–Crippen MR) is 154 cm³/mol. The van der Waals surface area contributed by atoms with E-state index in [2.05, 4.69) is 32.8 Å². The summed E-state index contributed by atoms with van der Waals surface area (Å²) in [5.74, 6) is 0.808. The van der Waals surface area contributed by atoms with E-state index in [1.165, 1.54) is 6.07 Å². The summed E-state index contributed by atoms with van der Waals surface area (Å²) in [6.45, 7) is 5.91. The van der Waals surface area contributed by atoms with Gasteiger partial charge >= 0.3 is 0 Å². The molecule has 1 saturated heterocycles. The minimum absolute atomic E-state index is 0.0229.